The third kappa shape index (κ3) is 3.34. The molecule has 4 rings (SSSR count). The van der Waals surface area contributed by atoms with Gasteiger partial charge in [-0.1, -0.05) is 18.2 Å². The third-order valence-electron chi connectivity index (χ3n) is 5.51. The van der Waals surface area contributed by atoms with E-state index in [-0.39, 0.29) is 5.60 Å². The van der Waals surface area contributed by atoms with Crippen LogP contribution < -0.4 is 4.90 Å². The number of ether oxygens (including phenoxy) is 1. The second-order valence-electron chi connectivity index (χ2n) is 7.00. The number of nitrogens with zero attached hydrogens (tertiary/aromatic N) is 3. The van der Waals surface area contributed by atoms with Crippen molar-refractivity contribution in [2.24, 2.45) is 0 Å². The van der Waals surface area contributed by atoms with Crippen LogP contribution in [0.1, 0.15) is 24.3 Å². The Morgan fingerprint density at radius 1 is 1.29 bits per heavy atom. The molecule has 1 aromatic heterocycles. The topological polar surface area (TPSA) is 28.6 Å². The molecule has 2 aliphatic heterocycles. The van der Waals surface area contributed by atoms with E-state index in [1.54, 1.807) is 11.3 Å². The van der Waals surface area contributed by atoms with Crippen molar-refractivity contribution < 1.29 is 4.74 Å². The Hall–Kier alpha value is -1.43. The molecule has 5 heteroatoms. The molecule has 24 heavy (non-hydrogen) atoms. The molecule has 0 radical (unpaired) electrons. The Kier molecular flexibility index (Phi) is 4.57. The van der Waals surface area contributed by atoms with E-state index in [0.717, 1.165) is 45.5 Å². The number of anilines is 1. The van der Waals surface area contributed by atoms with E-state index in [1.807, 2.05) is 6.20 Å². The molecule has 0 bridgehead atoms. The molecule has 0 amide bonds. The van der Waals surface area contributed by atoms with Crippen LogP contribution in [-0.2, 0) is 11.3 Å². The van der Waals surface area contributed by atoms with Crippen LogP contribution in [0.5, 0.6) is 0 Å². The molecule has 1 spiro atoms. The number of piperidine rings is 1. The lowest BCUT2D eigenvalue weighted by Crippen LogP contribution is -2.44. The summed E-state index contributed by atoms with van der Waals surface area (Å²) in [6.07, 6.45) is 5.31. The number of benzene rings is 1. The van der Waals surface area contributed by atoms with Gasteiger partial charge in [0.05, 0.1) is 24.8 Å². The van der Waals surface area contributed by atoms with Gasteiger partial charge in [0, 0.05) is 37.4 Å². The Morgan fingerprint density at radius 2 is 2.08 bits per heavy atom. The average molecular weight is 343 g/mol. The molecule has 0 N–H and O–H groups in total. The lowest BCUT2D eigenvalue weighted by Gasteiger charge is -2.38. The van der Waals surface area contributed by atoms with Crippen LogP contribution in [0.3, 0.4) is 0 Å². The van der Waals surface area contributed by atoms with Gasteiger partial charge in [0.2, 0.25) is 0 Å². The second-order valence-corrected chi connectivity index (χ2v) is 7.98. The zero-order chi connectivity index (χ0) is 16.4. The molecule has 4 nitrogen and oxygen atoms in total. The monoisotopic (exact) mass is 343 g/mol. The molecule has 128 valence electrons. The quantitative estimate of drug-likeness (QED) is 0.851. The van der Waals surface area contributed by atoms with Crippen molar-refractivity contribution in [1.29, 1.82) is 0 Å². The fraction of sp³-hybridized carbons (Fsp3) is 0.526. The fourth-order valence-corrected chi connectivity index (χ4v) is 4.59. The first-order valence-corrected chi connectivity index (χ1v) is 9.65. The first kappa shape index (κ1) is 16.1. The van der Waals surface area contributed by atoms with Crippen molar-refractivity contribution in [2.45, 2.75) is 37.5 Å². The van der Waals surface area contributed by atoms with Gasteiger partial charge in [0.25, 0.3) is 0 Å². The van der Waals surface area contributed by atoms with Crippen LogP contribution in [-0.4, -0.2) is 48.3 Å². The fourth-order valence-electron chi connectivity index (χ4n) is 3.93. The summed E-state index contributed by atoms with van der Waals surface area (Å²) in [5, 5.41) is 3.28. The Morgan fingerprint density at radius 3 is 2.79 bits per heavy atom. The average Bonchev–Trinajstić information content (AvgIpc) is 3.28. The third-order valence-corrected chi connectivity index (χ3v) is 6.27. The SMILES string of the molecule is CN(c1ccccc1)C1COC2(CCN(Cc3nccs3)CC2)C1. The molecule has 2 fully saturated rings. The maximum atomic E-state index is 6.34. The maximum Gasteiger partial charge on any atom is 0.107 e. The van der Waals surface area contributed by atoms with Gasteiger partial charge >= 0.3 is 0 Å². The summed E-state index contributed by atoms with van der Waals surface area (Å²) in [5.41, 5.74) is 1.37. The highest BCUT2D eigenvalue weighted by Crippen LogP contribution is 2.38. The van der Waals surface area contributed by atoms with Gasteiger partial charge in [-0.3, -0.25) is 4.90 Å². The van der Waals surface area contributed by atoms with E-state index < -0.39 is 0 Å². The van der Waals surface area contributed by atoms with Crippen molar-refractivity contribution in [3.05, 3.63) is 46.9 Å². The first-order valence-electron chi connectivity index (χ1n) is 8.77. The number of hydrogen-bond acceptors (Lipinski definition) is 5. The van der Waals surface area contributed by atoms with Gasteiger partial charge in [-0.2, -0.15) is 0 Å². The molecule has 1 unspecified atom stereocenters. The number of rotatable bonds is 4. The number of aromatic nitrogens is 1. The van der Waals surface area contributed by atoms with Crippen molar-refractivity contribution in [1.82, 2.24) is 9.88 Å². The highest BCUT2D eigenvalue weighted by Gasteiger charge is 2.43. The molecule has 0 saturated carbocycles. The number of thiazole rings is 1. The minimum Gasteiger partial charge on any atom is -0.373 e. The molecule has 2 aromatic rings. The normalized spacial score (nSPS) is 23.6. The second kappa shape index (κ2) is 6.82. The predicted octanol–water partition coefficient (Wildman–Crippen LogP) is 3.40. The molecule has 2 saturated heterocycles. The summed E-state index contributed by atoms with van der Waals surface area (Å²) in [4.78, 5) is 9.31. The van der Waals surface area contributed by atoms with Gasteiger partial charge in [-0.15, -0.1) is 11.3 Å². The standard InChI is InChI=1S/C19H25N3OS/c1-21(16-5-3-2-4-6-16)17-13-19(23-15-17)7-10-22(11-8-19)14-18-20-9-12-24-18/h2-6,9,12,17H,7-8,10-11,13-15H2,1H3. The zero-order valence-corrected chi connectivity index (χ0v) is 15.0. The van der Waals surface area contributed by atoms with Crippen molar-refractivity contribution >= 4 is 17.0 Å². The van der Waals surface area contributed by atoms with Crippen LogP contribution >= 0.6 is 11.3 Å². The zero-order valence-electron chi connectivity index (χ0n) is 14.2. The first-order chi connectivity index (χ1) is 11.7. The summed E-state index contributed by atoms with van der Waals surface area (Å²) >= 11 is 1.75. The molecule has 1 atom stereocenters. The van der Waals surface area contributed by atoms with E-state index in [9.17, 15) is 0 Å². The highest BCUT2D eigenvalue weighted by molar-refractivity contribution is 7.09. The largest absolute Gasteiger partial charge is 0.373 e. The van der Waals surface area contributed by atoms with Crippen LogP contribution in [0.25, 0.3) is 0 Å². The van der Waals surface area contributed by atoms with Crippen molar-refractivity contribution in [3.8, 4) is 0 Å². The van der Waals surface area contributed by atoms with Crippen molar-refractivity contribution in [2.75, 3.05) is 31.6 Å². The summed E-state index contributed by atoms with van der Waals surface area (Å²) in [5.74, 6) is 0. The van der Waals surface area contributed by atoms with Crippen molar-refractivity contribution in [3.63, 3.8) is 0 Å². The van der Waals surface area contributed by atoms with Gasteiger partial charge in [0.1, 0.15) is 5.01 Å². The molecule has 2 aliphatic rings. The van der Waals surface area contributed by atoms with Gasteiger partial charge in [-0.25, -0.2) is 4.98 Å². The summed E-state index contributed by atoms with van der Waals surface area (Å²) in [6, 6.07) is 11.1. The van der Waals surface area contributed by atoms with E-state index in [4.69, 9.17) is 4.74 Å². The number of likely N-dealkylation sites (tertiary alicyclic amines) is 1. The van der Waals surface area contributed by atoms with Gasteiger partial charge in [0.15, 0.2) is 0 Å². The molecule has 1 aromatic carbocycles. The number of likely N-dealkylation sites (N-methyl/N-ethyl adjacent to an activating group) is 1. The van der Waals surface area contributed by atoms with Crippen LogP contribution in [0, 0.1) is 0 Å². The van der Waals surface area contributed by atoms with Crippen LogP contribution in [0.15, 0.2) is 41.9 Å². The van der Waals surface area contributed by atoms with E-state index in [0.29, 0.717) is 6.04 Å². The highest BCUT2D eigenvalue weighted by atomic mass is 32.1. The number of hydrogen-bond donors (Lipinski definition) is 0. The maximum absolute atomic E-state index is 6.34. The summed E-state index contributed by atoms with van der Waals surface area (Å²) in [6.45, 7) is 4.06. The Bertz CT molecular complexity index is 638. The van der Waals surface area contributed by atoms with E-state index in [2.05, 4.69) is 57.5 Å². The van der Waals surface area contributed by atoms with Crippen LogP contribution in [0.4, 0.5) is 5.69 Å². The minimum atomic E-state index is 0.0904. The summed E-state index contributed by atoms with van der Waals surface area (Å²) < 4.78 is 6.34. The van der Waals surface area contributed by atoms with E-state index >= 15 is 0 Å². The minimum absolute atomic E-state index is 0.0904. The molecular weight excluding hydrogens is 318 g/mol. The number of para-hydroxylation sites is 1. The molecular formula is C19H25N3OS. The summed E-state index contributed by atoms with van der Waals surface area (Å²) in [7, 11) is 2.19. The smallest absolute Gasteiger partial charge is 0.107 e. The Labute approximate surface area is 148 Å². The van der Waals surface area contributed by atoms with E-state index in [1.165, 1.54) is 10.7 Å². The predicted molar refractivity (Wildman–Crippen MR) is 98.6 cm³/mol. The molecule has 0 aliphatic carbocycles. The van der Waals surface area contributed by atoms with Crippen LogP contribution in [0.2, 0.25) is 0 Å². The lowest BCUT2D eigenvalue weighted by atomic mass is 9.87. The van der Waals surface area contributed by atoms with Gasteiger partial charge < -0.3 is 9.64 Å². The molecule has 3 heterocycles. The Balaban J connectivity index is 1.33. The van der Waals surface area contributed by atoms with Gasteiger partial charge in [-0.05, 0) is 31.4 Å². The lowest BCUT2D eigenvalue weighted by molar-refractivity contribution is -0.0448.